The number of alkyl halides is 1. The molecule has 1 aliphatic carbocycles. The molecule has 7 rings (SSSR count). The lowest BCUT2D eigenvalue weighted by Gasteiger charge is -2.54. The second kappa shape index (κ2) is 15.3. The minimum atomic E-state index is -3.39. The molecule has 2 aromatic carbocycles. The molecule has 51 heavy (non-hydrogen) atoms. The van der Waals surface area contributed by atoms with Crippen molar-refractivity contribution in [2.75, 3.05) is 83.3 Å². The first-order valence-electron chi connectivity index (χ1n) is 19.0. The van der Waals surface area contributed by atoms with Crippen molar-refractivity contribution in [1.82, 2.24) is 15.1 Å². The zero-order chi connectivity index (χ0) is 35.6. The molecule has 1 unspecified atom stereocenters. The summed E-state index contributed by atoms with van der Waals surface area (Å²) in [5.41, 5.74) is 0.140. The van der Waals surface area contributed by atoms with Gasteiger partial charge in [0.1, 0.15) is 5.82 Å². The maximum atomic E-state index is 16.2. The highest BCUT2D eigenvalue weighted by Crippen LogP contribution is 2.51. The second-order valence-electron chi connectivity index (χ2n) is 15.8. The molecule has 5 aliphatic rings. The number of likely N-dealkylation sites (tertiary alicyclic amines) is 2. The van der Waals surface area contributed by atoms with E-state index in [2.05, 4.69) is 21.2 Å². The van der Waals surface area contributed by atoms with Crippen molar-refractivity contribution in [3.8, 4) is 0 Å². The number of anilines is 1. The summed E-state index contributed by atoms with van der Waals surface area (Å²) in [7, 11) is -1.99. The van der Waals surface area contributed by atoms with Crippen molar-refractivity contribution in [2.45, 2.75) is 73.4 Å². The number of alkyl carbamates (subject to hydrolysis) is 1. The predicted molar refractivity (Wildman–Crippen MR) is 193 cm³/mol. The summed E-state index contributed by atoms with van der Waals surface area (Å²) in [5, 5.41) is 3.14. The number of amides is 1. The number of halogens is 2. The lowest BCUT2D eigenvalue weighted by atomic mass is 9.57. The highest BCUT2D eigenvalue weighted by Gasteiger charge is 2.54. The van der Waals surface area contributed by atoms with E-state index in [0.29, 0.717) is 24.7 Å². The minimum absolute atomic E-state index is 0.0590. The van der Waals surface area contributed by atoms with Crippen molar-refractivity contribution in [3.05, 3.63) is 59.9 Å². The van der Waals surface area contributed by atoms with E-state index in [4.69, 9.17) is 9.47 Å². The van der Waals surface area contributed by atoms with E-state index in [1.165, 1.54) is 13.2 Å². The lowest BCUT2D eigenvalue weighted by molar-refractivity contribution is 0.00584. The Morgan fingerprint density at radius 3 is 2.33 bits per heavy atom. The van der Waals surface area contributed by atoms with Crippen molar-refractivity contribution >= 4 is 21.6 Å². The quantitative estimate of drug-likeness (QED) is 0.310. The third kappa shape index (κ3) is 7.94. The van der Waals surface area contributed by atoms with Crippen LogP contribution in [0.4, 0.5) is 19.3 Å². The lowest BCUT2D eigenvalue weighted by Crippen LogP contribution is -2.65. The van der Waals surface area contributed by atoms with Gasteiger partial charge in [-0.25, -0.2) is 22.0 Å². The number of nitrogens with one attached hydrogen (secondary N) is 1. The largest absolute Gasteiger partial charge is 0.453 e. The summed E-state index contributed by atoms with van der Waals surface area (Å²) in [4.78, 5) is 19.5. The summed E-state index contributed by atoms with van der Waals surface area (Å²) in [6, 6.07) is 14.0. The Kier molecular flexibility index (Phi) is 11.0. The van der Waals surface area contributed by atoms with Crippen LogP contribution in [0.3, 0.4) is 0 Å². The number of sulfone groups is 1. The minimum Gasteiger partial charge on any atom is -0.453 e. The van der Waals surface area contributed by atoms with Crippen LogP contribution in [0.15, 0.2) is 53.4 Å². The molecule has 1 N–H and O–H groups in total. The molecule has 4 aliphatic heterocycles. The molecule has 1 saturated carbocycles. The van der Waals surface area contributed by atoms with Gasteiger partial charge < -0.3 is 24.6 Å². The fourth-order valence-electron chi connectivity index (χ4n) is 9.85. The Balaban J connectivity index is 1.01. The maximum Gasteiger partial charge on any atom is 0.407 e. The molecule has 0 radical (unpaired) electrons. The Bertz CT molecular complexity index is 1610. The highest BCUT2D eigenvalue weighted by atomic mass is 32.2. The van der Waals surface area contributed by atoms with Crippen molar-refractivity contribution < 1.29 is 31.5 Å². The van der Waals surface area contributed by atoms with E-state index < -0.39 is 21.6 Å². The van der Waals surface area contributed by atoms with Gasteiger partial charge in [0.05, 0.1) is 30.8 Å². The summed E-state index contributed by atoms with van der Waals surface area (Å²) in [6.07, 6.45) is 6.81. The number of nitrogens with zero attached hydrogens (tertiary/aromatic N) is 3. The van der Waals surface area contributed by atoms with E-state index in [9.17, 15) is 17.6 Å². The average molecular weight is 729 g/mol. The van der Waals surface area contributed by atoms with Crippen molar-refractivity contribution in [2.24, 2.45) is 17.8 Å². The first-order chi connectivity index (χ1) is 24.6. The number of hydrogen-bond donors (Lipinski definition) is 1. The highest BCUT2D eigenvalue weighted by molar-refractivity contribution is 7.91. The van der Waals surface area contributed by atoms with E-state index in [0.717, 1.165) is 95.3 Å². The molecule has 12 heteroatoms. The van der Waals surface area contributed by atoms with Crippen LogP contribution in [0.2, 0.25) is 0 Å². The van der Waals surface area contributed by atoms with E-state index in [1.807, 2.05) is 11.0 Å². The number of benzene rings is 2. The number of carbonyl (C=O) groups excluding carboxylic acids is 1. The van der Waals surface area contributed by atoms with Gasteiger partial charge in [-0.15, -0.1) is 0 Å². The molecule has 1 amide bonds. The summed E-state index contributed by atoms with van der Waals surface area (Å²) < 4.78 is 67.6. The number of carbonyl (C=O) groups is 1. The van der Waals surface area contributed by atoms with Crippen LogP contribution >= 0.6 is 0 Å². The van der Waals surface area contributed by atoms with Crippen molar-refractivity contribution in [3.63, 3.8) is 0 Å². The number of hydrogen-bond acceptors (Lipinski definition) is 8. The second-order valence-corrected chi connectivity index (χ2v) is 17.9. The normalized spacial score (nSPS) is 26.2. The Morgan fingerprint density at radius 1 is 0.961 bits per heavy atom. The third-order valence-electron chi connectivity index (χ3n) is 12.6. The third-order valence-corrected chi connectivity index (χ3v) is 14.5. The first kappa shape index (κ1) is 36.6. The molecule has 280 valence electrons. The molecule has 4 saturated heterocycles. The molecule has 9 nitrogen and oxygen atoms in total. The van der Waals surface area contributed by atoms with Crippen LogP contribution in [-0.4, -0.2) is 114 Å². The van der Waals surface area contributed by atoms with Gasteiger partial charge in [0.2, 0.25) is 0 Å². The maximum absolute atomic E-state index is 16.2. The van der Waals surface area contributed by atoms with Crippen LogP contribution in [0, 0.1) is 23.6 Å². The van der Waals surface area contributed by atoms with Gasteiger partial charge in [0.25, 0.3) is 0 Å². The summed E-state index contributed by atoms with van der Waals surface area (Å²) in [6.45, 7) is 6.50. The molecular formula is C39H54F2N4O5S. The van der Waals surface area contributed by atoms with Gasteiger partial charge in [-0.1, -0.05) is 18.6 Å². The fraction of sp³-hybridized carbons (Fsp3) is 0.667. The summed E-state index contributed by atoms with van der Waals surface area (Å²) >= 11 is 0. The van der Waals surface area contributed by atoms with Gasteiger partial charge >= 0.3 is 6.09 Å². The van der Waals surface area contributed by atoms with Gasteiger partial charge in [0.15, 0.2) is 15.5 Å². The van der Waals surface area contributed by atoms with Crippen molar-refractivity contribution in [1.29, 1.82) is 0 Å². The zero-order valence-corrected chi connectivity index (χ0v) is 30.7. The van der Waals surface area contributed by atoms with Gasteiger partial charge in [-0.05, 0) is 131 Å². The fourth-order valence-corrected chi connectivity index (χ4v) is 11.5. The van der Waals surface area contributed by atoms with E-state index in [-0.39, 0.29) is 53.9 Å². The predicted octanol–water partition coefficient (Wildman–Crippen LogP) is 5.43. The Labute approximate surface area is 301 Å². The molecule has 0 spiro atoms. The zero-order valence-electron chi connectivity index (χ0n) is 29.9. The first-order valence-corrected chi connectivity index (χ1v) is 20.6. The van der Waals surface area contributed by atoms with Crippen LogP contribution in [0.1, 0.15) is 56.9 Å². The number of ether oxygens (including phenoxy) is 2. The smallest absolute Gasteiger partial charge is 0.407 e. The van der Waals surface area contributed by atoms with Gasteiger partial charge in [-0.3, -0.25) is 4.90 Å². The molecule has 4 heterocycles. The Hall–Kier alpha value is -2.80. The van der Waals surface area contributed by atoms with E-state index >= 15 is 4.39 Å². The van der Waals surface area contributed by atoms with Gasteiger partial charge in [-0.2, -0.15) is 0 Å². The number of piperidine rings is 1. The number of rotatable bonds is 12. The van der Waals surface area contributed by atoms with Crippen LogP contribution in [0.25, 0.3) is 0 Å². The molecule has 2 aromatic rings. The molecule has 5 fully saturated rings. The molecular weight excluding hydrogens is 675 g/mol. The monoisotopic (exact) mass is 728 g/mol. The summed E-state index contributed by atoms with van der Waals surface area (Å²) in [5.74, 6) is 0.394. The topological polar surface area (TPSA) is 91.4 Å². The average Bonchev–Trinajstić information content (AvgIpc) is 3.56. The SMILES string of the molecule is COC(=O)N[C@H]1CCC[C@@H]1C(CN1CCC1)(c1cccc(F)c1)C1CCN(CC2(F)CN(c3ccc(S(=O)(=O)CC4CCOCC4)cc3)C2)CC1. The molecule has 0 bridgehead atoms. The molecule has 3 atom stereocenters. The van der Waals surface area contributed by atoms with Crippen LogP contribution in [0.5, 0.6) is 0 Å². The van der Waals surface area contributed by atoms with Gasteiger partial charge in [0, 0.05) is 43.4 Å². The van der Waals surface area contributed by atoms with Crippen LogP contribution < -0.4 is 10.2 Å². The Morgan fingerprint density at radius 2 is 1.69 bits per heavy atom. The number of methoxy groups -OCH3 is 1. The van der Waals surface area contributed by atoms with Crippen LogP contribution in [-0.2, 0) is 24.7 Å². The molecule has 0 aromatic heterocycles. The van der Waals surface area contributed by atoms with E-state index in [1.54, 1.807) is 30.3 Å². The standard InChI is InChI=1S/C39H54F2N4O5S/c1-49-37(46)42-36-8-3-7-35(36)39(28-43-17-4-18-43,31-5-2-6-32(40)23-31)30-13-19-44(20-14-30)25-38(41)26-45(27-38)33-9-11-34(12-10-33)51(47,48)24-29-15-21-50-22-16-29/h2,5-6,9-12,23,29-30,35-36H,3-4,7-8,13-22,24-28H2,1H3,(H,42,46)/t35-,36-,39?/m0/s1.